The molecule has 0 unspecified atom stereocenters. The molecule has 1 N–H and O–H groups in total. The predicted octanol–water partition coefficient (Wildman–Crippen LogP) is 1.44. The minimum Gasteiger partial charge on any atom is -0.314 e. The molecule has 20 heavy (non-hydrogen) atoms. The Morgan fingerprint density at radius 1 is 1.10 bits per heavy atom. The van der Waals surface area contributed by atoms with Crippen LogP contribution < -0.4 is 5.32 Å². The highest BCUT2D eigenvalue weighted by molar-refractivity contribution is 5.19. The smallest absolute Gasteiger partial charge is 0.161 e. The van der Waals surface area contributed by atoms with Gasteiger partial charge in [0.2, 0.25) is 0 Å². The van der Waals surface area contributed by atoms with E-state index in [0.717, 1.165) is 45.3 Å². The number of halogens is 3. The zero-order valence-electron chi connectivity index (χ0n) is 11.6. The summed E-state index contributed by atoms with van der Waals surface area (Å²) in [5, 5.41) is 3.28. The molecule has 1 aromatic rings. The van der Waals surface area contributed by atoms with Gasteiger partial charge in [-0.3, -0.25) is 4.90 Å². The molecule has 0 saturated carbocycles. The maximum absolute atomic E-state index is 13.5. The average Bonchev–Trinajstić information content (AvgIpc) is 2.44. The molecule has 0 bridgehead atoms. The SMILES string of the molecule is CN(CCN1CCNCC1)Cc1cc(F)c(F)cc1F. The van der Waals surface area contributed by atoms with E-state index in [1.165, 1.54) is 0 Å². The van der Waals surface area contributed by atoms with Gasteiger partial charge >= 0.3 is 0 Å². The lowest BCUT2D eigenvalue weighted by atomic mass is 10.2. The highest BCUT2D eigenvalue weighted by Crippen LogP contribution is 2.15. The minimum atomic E-state index is -1.14. The fourth-order valence-corrected chi connectivity index (χ4v) is 2.30. The second kappa shape index (κ2) is 7.06. The lowest BCUT2D eigenvalue weighted by Crippen LogP contribution is -2.45. The van der Waals surface area contributed by atoms with E-state index in [1.807, 2.05) is 11.9 Å². The van der Waals surface area contributed by atoms with Crippen molar-refractivity contribution in [3.8, 4) is 0 Å². The third-order valence-electron chi connectivity index (χ3n) is 3.54. The van der Waals surface area contributed by atoms with Crippen molar-refractivity contribution in [2.24, 2.45) is 0 Å². The molecule has 1 aliphatic rings. The van der Waals surface area contributed by atoms with Crippen molar-refractivity contribution in [3.63, 3.8) is 0 Å². The van der Waals surface area contributed by atoms with Gasteiger partial charge in [-0.1, -0.05) is 0 Å². The summed E-state index contributed by atoms with van der Waals surface area (Å²) < 4.78 is 39.5. The summed E-state index contributed by atoms with van der Waals surface area (Å²) in [7, 11) is 1.85. The fraction of sp³-hybridized carbons (Fsp3) is 0.571. The summed E-state index contributed by atoms with van der Waals surface area (Å²) in [6, 6.07) is 1.54. The zero-order valence-corrected chi connectivity index (χ0v) is 11.6. The molecule has 0 spiro atoms. The summed E-state index contributed by atoms with van der Waals surface area (Å²) >= 11 is 0. The summed E-state index contributed by atoms with van der Waals surface area (Å²) in [6.45, 7) is 5.92. The van der Waals surface area contributed by atoms with Gasteiger partial charge in [0.25, 0.3) is 0 Å². The Balaban J connectivity index is 1.84. The second-order valence-electron chi connectivity index (χ2n) is 5.19. The van der Waals surface area contributed by atoms with Crippen LogP contribution in [0.1, 0.15) is 5.56 Å². The van der Waals surface area contributed by atoms with Crippen molar-refractivity contribution in [1.82, 2.24) is 15.1 Å². The second-order valence-corrected chi connectivity index (χ2v) is 5.19. The number of nitrogens with one attached hydrogen (secondary N) is 1. The number of piperazine rings is 1. The molecule has 0 radical (unpaired) electrons. The number of hydrogen-bond donors (Lipinski definition) is 1. The van der Waals surface area contributed by atoms with Crippen molar-refractivity contribution in [1.29, 1.82) is 0 Å². The van der Waals surface area contributed by atoms with Gasteiger partial charge in [0, 0.05) is 57.4 Å². The first kappa shape index (κ1) is 15.3. The van der Waals surface area contributed by atoms with Gasteiger partial charge < -0.3 is 10.2 Å². The predicted molar refractivity (Wildman–Crippen MR) is 72.0 cm³/mol. The summed E-state index contributed by atoms with van der Waals surface area (Å²) in [5.41, 5.74) is 0.187. The van der Waals surface area contributed by atoms with Crippen LogP contribution in [0.5, 0.6) is 0 Å². The Bertz CT molecular complexity index is 448. The van der Waals surface area contributed by atoms with Crippen LogP contribution in [0.15, 0.2) is 12.1 Å². The van der Waals surface area contributed by atoms with Crippen LogP contribution in [-0.2, 0) is 6.54 Å². The third kappa shape index (κ3) is 4.19. The van der Waals surface area contributed by atoms with Crippen LogP contribution in [0, 0.1) is 17.5 Å². The highest BCUT2D eigenvalue weighted by atomic mass is 19.2. The molecule has 112 valence electrons. The standard InChI is InChI=1S/C14H20F3N3/c1-19(6-7-20-4-2-18-3-5-20)10-11-8-13(16)14(17)9-12(11)15/h8-9,18H,2-7,10H2,1H3. The molecular formula is C14H20F3N3. The largest absolute Gasteiger partial charge is 0.314 e. The zero-order chi connectivity index (χ0) is 14.5. The van der Waals surface area contributed by atoms with Gasteiger partial charge in [-0.05, 0) is 13.1 Å². The molecule has 3 nitrogen and oxygen atoms in total. The van der Waals surface area contributed by atoms with Crippen LogP contribution in [0.4, 0.5) is 13.2 Å². The van der Waals surface area contributed by atoms with E-state index in [2.05, 4.69) is 10.2 Å². The molecule has 1 fully saturated rings. The lowest BCUT2D eigenvalue weighted by Gasteiger charge is -2.29. The normalized spacial score (nSPS) is 16.9. The third-order valence-corrected chi connectivity index (χ3v) is 3.54. The fourth-order valence-electron chi connectivity index (χ4n) is 2.30. The molecule has 0 aromatic heterocycles. The first-order valence-electron chi connectivity index (χ1n) is 6.81. The van der Waals surface area contributed by atoms with Crippen molar-refractivity contribution in [2.45, 2.75) is 6.54 Å². The van der Waals surface area contributed by atoms with Crippen LogP contribution in [0.25, 0.3) is 0 Å². The molecular weight excluding hydrogens is 267 g/mol. The average molecular weight is 287 g/mol. The Morgan fingerprint density at radius 3 is 2.45 bits per heavy atom. The van der Waals surface area contributed by atoms with Crippen LogP contribution >= 0.6 is 0 Å². The topological polar surface area (TPSA) is 18.5 Å². The lowest BCUT2D eigenvalue weighted by molar-refractivity contribution is 0.201. The first-order chi connectivity index (χ1) is 9.56. The molecule has 2 rings (SSSR count). The quantitative estimate of drug-likeness (QED) is 0.827. The van der Waals surface area contributed by atoms with Crippen molar-refractivity contribution < 1.29 is 13.2 Å². The van der Waals surface area contributed by atoms with E-state index >= 15 is 0 Å². The highest BCUT2D eigenvalue weighted by Gasteiger charge is 2.13. The molecule has 1 heterocycles. The van der Waals surface area contributed by atoms with E-state index < -0.39 is 17.5 Å². The number of likely N-dealkylation sites (N-methyl/N-ethyl adjacent to an activating group) is 1. The maximum Gasteiger partial charge on any atom is 0.161 e. The molecule has 1 aromatic carbocycles. The van der Waals surface area contributed by atoms with E-state index in [-0.39, 0.29) is 12.1 Å². The van der Waals surface area contributed by atoms with Gasteiger partial charge in [0.15, 0.2) is 11.6 Å². The van der Waals surface area contributed by atoms with Gasteiger partial charge in [-0.25, -0.2) is 13.2 Å². The van der Waals surface area contributed by atoms with Gasteiger partial charge in [0.05, 0.1) is 0 Å². The maximum atomic E-state index is 13.5. The van der Waals surface area contributed by atoms with Crippen molar-refractivity contribution in [3.05, 3.63) is 35.1 Å². The molecule has 6 heteroatoms. The van der Waals surface area contributed by atoms with Gasteiger partial charge in [-0.2, -0.15) is 0 Å². The first-order valence-corrected chi connectivity index (χ1v) is 6.81. The Morgan fingerprint density at radius 2 is 1.75 bits per heavy atom. The number of benzene rings is 1. The number of rotatable bonds is 5. The van der Waals surface area contributed by atoms with Crippen LogP contribution in [0.3, 0.4) is 0 Å². The van der Waals surface area contributed by atoms with Crippen molar-refractivity contribution >= 4 is 0 Å². The molecule has 0 amide bonds. The van der Waals surface area contributed by atoms with Gasteiger partial charge in [-0.15, -0.1) is 0 Å². The molecule has 1 aliphatic heterocycles. The Labute approximate surface area is 117 Å². The number of hydrogen-bond acceptors (Lipinski definition) is 3. The van der Waals surface area contributed by atoms with Crippen LogP contribution in [-0.4, -0.2) is 56.1 Å². The summed E-state index contributed by atoms with van der Waals surface area (Å²) in [5.74, 6) is -2.84. The van der Waals surface area contributed by atoms with Crippen LogP contribution in [0.2, 0.25) is 0 Å². The Hall–Kier alpha value is -1.11. The van der Waals surface area contributed by atoms with E-state index in [9.17, 15) is 13.2 Å². The Kier molecular flexibility index (Phi) is 5.39. The van der Waals surface area contributed by atoms with E-state index in [1.54, 1.807) is 0 Å². The van der Waals surface area contributed by atoms with E-state index in [4.69, 9.17) is 0 Å². The molecule has 1 saturated heterocycles. The van der Waals surface area contributed by atoms with E-state index in [0.29, 0.717) is 6.07 Å². The summed E-state index contributed by atoms with van der Waals surface area (Å²) in [4.78, 5) is 4.24. The molecule has 0 atom stereocenters. The van der Waals surface area contributed by atoms with Gasteiger partial charge in [0.1, 0.15) is 5.82 Å². The minimum absolute atomic E-state index is 0.187. The monoisotopic (exact) mass is 287 g/mol. The summed E-state index contributed by atoms with van der Waals surface area (Å²) in [6.07, 6.45) is 0. The molecule has 0 aliphatic carbocycles. The number of nitrogens with zero attached hydrogens (tertiary/aromatic N) is 2. The van der Waals surface area contributed by atoms with Crippen molar-refractivity contribution in [2.75, 3.05) is 46.3 Å².